The Morgan fingerprint density at radius 2 is 2.08 bits per heavy atom. The molecule has 0 bridgehead atoms. The van der Waals surface area contributed by atoms with Gasteiger partial charge in [0, 0.05) is 44.0 Å². The third kappa shape index (κ3) is 3.12. The quantitative estimate of drug-likeness (QED) is 0.776. The third-order valence-electron chi connectivity index (χ3n) is 4.22. The third-order valence-corrected chi connectivity index (χ3v) is 4.45. The Labute approximate surface area is 143 Å². The average Bonchev–Trinajstić information content (AvgIpc) is 3.02. The predicted octanol–water partition coefficient (Wildman–Crippen LogP) is 1.22. The lowest BCUT2D eigenvalue weighted by Crippen LogP contribution is -2.27. The van der Waals surface area contributed by atoms with Crippen LogP contribution >= 0.6 is 11.6 Å². The molecule has 2 atom stereocenters. The summed E-state index contributed by atoms with van der Waals surface area (Å²) in [6.45, 7) is 1.01. The first-order valence-electron chi connectivity index (χ1n) is 7.48. The van der Waals surface area contributed by atoms with E-state index in [9.17, 15) is 9.59 Å². The SMILES string of the molecule is COC(=O)[C@@H]1CN(c2ccc(=O)n(C)n2)C[C@@H]1c1ccc(Cl)cn1. The van der Waals surface area contributed by atoms with E-state index in [0.717, 1.165) is 5.69 Å². The van der Waals surface area contributed by atoms with Crippen LogP contribution in [0.25, 0.3) is 0 Å². The summed E-state index contributed by atoms with van der Waals surface area (Å²) in [5.74, 6) is -0.136. The summed E-state index contributed by atoms with van der Waals surface area (Å²) < 4.78 is 6.22. The highest BCUT2D eigenvalue weighted by atomic mass is 35.5. The summed E-state index contributed by atoms with van der Waals surface area (Å²) in [4.78, 5) is 30.0. The minimum atomic E-state index is -0.359. The molecule has 7 nitrogen and oxygen atoms in total. The topological polar surface area (TPSA) is 77.3 Å². The number of esters is 1. The van der Waals surface area contributed by atoms with Crippen LogP contribution < -0.4 is 10.5 Å². The van der Waals surface area contributed by atoms with E-state index in [1.165, 1.54) is 17.9 Å². The molecule has 0 saturated carbocycles. The lowest BCUT2D eigenvalue weighted by molar-refractivity contribution is -0.145. The molecule has 0 aromatic carbocycles. The van der Waals surface area contributed by atoms with Crippen LogP contribution in [0.15, 0.2) is 35.3 Å². The van der Waals surface area contributed by atoms with Gasteiger partial charge in [-0.2, -0.15) is 5.10 Å². The molecule has 0 spiro atoms. The summed E-state index contributed by atoms with van der Waals surface area (Å²) in [6.07, 6.45) is 1.57. The van der Waals surface area contributed by atoms with Gasteiger partial charge in [0.05, 0.1) is 18.1 Å². The number of aromatic nitrogens is 3. The second-order valence-corrected chi connectivity index (χ2v) is 6.13. The average molecular weight is 349 g/mol. The van der Waals surface area contributed by atoms with Gasteiger partial charge in [0.25, 0.3) is 5.56 Å². The van der Waals surface area contributed by atoms with Gasteiger partial charge in [-0.25, -0.2) is 4.68 Å². The smallest absolute Gasteiger partial charge is 0.311 e. The van der Waals surface area contributed by atoms with Gasteiger partial charge in [-0.3, -0.25) is 14.6 Å². The number of ether oxygens (including phenoxy) is 1. The molecule has 1 saturated heterocycles. The fourth-order valence-corrected chi connectivity index (χ4v) is 3.06. The van der Waals surface area contributed by atoms with Gasteiger partial charge in [-0.05, 0) is 18.2 Å². The van der Waals surface area contributed by atoms with E-state index in [0.29, 0.717) is 23.9 Å². The first-order valence-corrected chi connectivity index (χ1v) is 7.86. The maximum Gasteiger partial charge on any atom is 0.311 e. The summed E-state index contributed by atoms with van der Waals surface area (Å²) in [7, 11) is 2.97. The number of hydrogen-bond acceptors (Lipinski definition) is 6. The Kier molecular flexibility index (Phi) is 4.53. The van der Waals surface area contributed by atoms with E-state index in [2.05, 4.69) is 10.1 Å². The first-order chi connectivity index (χ1) is 11.5. The van der Waals surface area contributed by atoms with E-state index in [4.69, 9.17) is 16.3 Å². The number of halogens is 1. The van der Waals surface area contributed by atoms with Crippen LogP contribution in [0, 0.1) is 5.92 Å². The maximum atomic E-state index is 12.2. The van der Waals surface area contributed by atoms with Crippen molar-refractivity contribution in [3.63, 3.8) is 0 Å². The largest absolute Gasteiger partial charge is 0.469 e. The number of hydrogen-bond donors (Lipinski definition) is 0. The molecule has 24 heavy (non-hydrogen) atoms. The second-order valence-electron chi connectivity index (χ2n) is 5.70. The summed E-state index contributed by atoms with van der Waals surface area (Å²) in [6, 6.07) is 6.70. The summed E-state index contributed by atoms with van der Waals surface area (Å²) in [5, 5.41) is 4.80. The fourth-order valence-electron chi connectivity index (χ4n) is 2.95. The number of aryl methyl sites for hydroxylation is 1. The molecule has 0 amide bonds. The molecule has 0 N–H and O–H groups in total. The van der Waals surface area contributed by atoms with Gasteiger partial charge in [0.15, 0.2) is 0 Å². The van der Waals surface area contributed by atoms with E-state index >= 15 is 0 Å². The van der Waals surface area contributed by atoms with Gasteiger partial charge in [0.1, 0.15) is 5.82 Å². The normalized spacial score (nSPS) is 20.2. The van der Waals surface area contributed by atoms with Crippen LogP contribution in [0.2, 0.25) is 5.02 Å². The molecule has 3 rings (SSSR count). The zero-order valence-corrected chi connectivity index (χ0v) is 14.1. The van der Waals surface area contributed by atoms with Gasteiger partial charge in [0.2, 0.25) is 0 Å². The molecule has 0 aliphatic carbocycles. The Balaban J connectivity index is 1.92. The highest BCUT2D eigenvalue weighted by Gasteiger charge is 2.40. The van der Waals surface area contributed by atoms with Crippen LogP contribution in [0.4, 0.5) is 5.82 Å². The van der Waals surface area contributed by atoms with Gasteiger partial charge in [-0.1, -0.05) is 11.6 Å². The molecule has 1 fully saturated rings. The number of nitrogens with zero attached hydrogens (tertiary/aromatic N) is 4. The van der Waals surface area contributed by atoms with Crippen molar-refractivity contribution >= 4 is 23.4 Å². The van der Waals surface area contributed by atoms with E-state index in [1.54, 1.807) is 25.4 Å². The number of rotatable bonds is 3. The Hall–Kier alpha value is -2.41. The van der Waals surface area contributed by atoms with Crippen LogP contribution in [0.1, 0.15) is 11.6 Å². The monoisotopic (exact) mass is 348 g/mol. The van der Waals surface area contributed by atoms with E-state index in [-0.39, 0.29) is 23.4 Å². The second kappa shape index (κ2) is 6.60. The standard InChI is InChI=1S/C16H17ClN4O3/c1-20-15(22)6-5-14(19-20)21-8-11(12(9-21)16(23)24-2)13-4-3-10(17)7-18-13/h3-7,11-12H,8-9H2,1-2H3/t11-,12+/m0/s1. The van der Waals surface area contributed by atoms with E-state index < -0.39 is 0 Å². The predicted molar refractivity (Wildman–Crippen MR) is 89.2 cm³/mol. The number of carbonyl (C=O) groups excluding carboxylic acids is 1. The van der Waals surface area contributed by atoms with Crippen molar-refractivity contribution in [1.29, 1.82) is 0 Å². The zero-order chi connectivity index (χ0) is 17.3. The maximum absolute atomic E-state index is 12.2. The number of methoxy groups -OCH3 is 1. The molecule has 0 unspecified atom stereocenters. The molecule has 3 heterocycles. The van der Waals surface area contributed by atoms with Gasteiger partial charge >= 0.3 is 5.97 Å². The molecular formula is C16H17ClN4O3. The van der Waals surface area contributed by atoms with Crippen molar-refractivity contribution in [2.45, 2.75) is 5.92 Å². The molecule has 0 radical (unpaired) electrons. The summed E-state index contributed by atoms with van der Waals surface area (Å²) in [5.41, 5.74) is 0.598. The molecule has 1 aliphatic rings. The van der Waals surface area contributed by atoms with Crippen LogP contribution in [0.5, 0.6) is 0 Å². The van der Waals surface area contributed by atoms with Crippen molar-refractivity contribution in [2.24, 2.45) is 13.0 Å². The highest BCUT2D eigenvalue weighted by Crippen LogP contribution is 2.34. The molecule has 126 valence electrons. The fraction of sp³-hybridized carbons (Fsp3) is 0.375. The Morgan fingerprint density at radius 3 is 2.71 bits per heavy atom. The molecule has 8 heteroatoms. The van der Waals surface area contributed by atoms with Crippen molar-refractivity contribution in [1.82, 2.24) is 14.8 Å². The zero-order valence-electron chi connectivity index (χ0n) is 13.3. The number of anilines is 1. The van der Waals surface area contributed by atoms with Crippen molar-refractivity contribution in [2.75, 3.05) is 25.1 Å². The first kappa shape index (κ1) is 16.4. The van der Waals surface area contributed by atoms with Crippen molar-refractivity contribution < 1.29 is 9.53 Å². The Morgan fingerprint density at radius 1 is 1.29 bits per heavy atom. The van der Waals surface area contributed by atoms with Crippen LogP contribution in [0.3, 0.4) is 0 Å². The van der Waals surface area contributed by atoms with Gasteiger partial charge in [-0.15, -0.1) is 0 Å². The van der Waals surface area contributed by atoms with Gasteiger partial charge < -0.3 is 9.64 Å². The Bertz CT molecular complexity index is 806. The van der Waals surface area contributed by atoms with Crippen LogP contribution in [-0.4, -0.2) is 40.9 Å². The molecular weight excluding hydrogens is 332 g/mol. The number of carbonyl (C=O) groups is 1. The van der Waals surface area contributed by atoms with E-state index in [1.807, 2.05) is 11.0 Å². The van der Waals surface area contributed by atoms with Crippen LogP contribution in [-0.2, 0) is 16.6 Å². The minimum Gasteiger partial charge on any atom is -0.469 e. The summed E-state index contributed by atoms with van der Waals surface area (Å²) >= 11 is 5.89. The molecule has 2 aromatic rings. The van der Waals surface area contributed by atoms with Crippen molar-refractivity contribution in [3.05, 3.63) is 51.5 Å². The highest BCUT2D eigenvalue weighted by molar-refractivity contribution is 6.30. The lowest BCUT2D eigenvalue weighted by atomic mass is 9.92. The molecule has 1 aliphatic heterocycles. The molecule has 2 aromatic heterocycles. The minimum absolute atomic E-state index is 0.131. The lowest BCUT2D eigenvalue weighted by Gasteiger charge is -2.17. The number of pyridine rings is 1. The van der Waals surface area contributed by atoms with Crippen molar-refractivity contribution in [3.8, 4) is 0 Å².